The number of ether oxygens (including phenoxy) is 2. The van der Waals surface area contributed by atoms with Crippen molar-refractivity contribution in [2.24, 2.45) is 0 Å². The summed E-state index contributed by atoms with van der Waals surface area (Å²) < 4.78 is 10.7. The topological polar surface area (TPSA) is 31.4 Å². The Kier molecular flexibility index (Phi) is 2.17. The molecule has 0 aromatic carbocycles. The zero-order valence-electron chi connectivity index (χ0n) is 6.74. The quantitative estimate of drug-likeness (QED) is 0.583. The fourth-order valence-corrected chi connectivity index (χ4v) is 1.99. The predicted molar refractivity (Wildman–Crippen MR) is 46.9 cm³/mol. The third kappa shape index (κ3) is 1.40. The van der Waals surface area contributed by atoms with Crippen molar-refractivity contribution in [3.63, 3.8) is 0 Å². The lowest BCUT2D eigenvalue weighted by Crippen LogP contribution is -1.97. The van der Waals surface area contributed by atoms with Crippen LogP contribution in [-0.2, 0) is 9.47 Å². The third-order valence-electron chi connectivity index (χ3n) is 1.68. The molecule has 1 saturated heterocycles. The van der Waals surface area contributed by atoms with Gasteiger partial charge in [-0.15, -0.1) is 11.3 Å². The highest BCUT2D eigenvalue weighted by molar-refractivity contribution is 7.19. The van der Waals surface area contributed by atoms with Gasteiger partial charge < -0.3 is 9.47 Å². The maximum absolute atomic E-state index is 5.54. The van der Waals surface area contributed by atoms with Crippen molar-refractivity contribution in [3.05, 3.63) is 10.6 Å². The van der Waals surface area contributed by atoms with Crippen LogP contribution in [0.2, 0.25) is 0 Å². The van der Waals surface area contributed by atoms with Crippen molar-refractivity contribution < 1.29 is 9.47 Å². The highest BCUT2D eigenvalue weighted by atomic mass is 32.1. The molecule has 1 aliphatic rings. The van der Waals surface area contributed by atoms with Crippen LogP contribution in [0.5, 0.6) is 0 Å². The molecule has 0 bridgehead atoms. The van der Waals surface area contributed by atoms with E-state index in [9.17, 15) is 0 Å². The zero-order chi connectivity index (χ0) is 8.55. The zero-order valence-corrected chi connectivity index (χ0v) is 7.56. The summed E-state index contributed by atoms with van der Waals surface area (Å²) in [7, 11) is 5.54. The molecular formula is C7H8BNO2S. The lowest BCUT2D eigenvalue weighted by Gasteiger charge is -2.05. The Morgan fingerprint density at radius 2 is 2.17 bits per heavy atom. The minimum Gasteiger partial charge on any atom is -0.345 e. The molecule has 5 heteroatoms. The van der Waals surface area contributed by atoms with E-state index in [4.69, 9.17) is 17.3 Å². The van der Waals surface area contributed by atoms with Crippen molar-refractivity contribution in [2.45, 2.75) is 13.2 Å². The Hall–Kier alpha value is -0.385. The maximum atomic E-state index is 5.54. The summed E-state index contributed by atoms with van der Waals surface area (Å²) in [4.78, 5) is 5.65. The molecule has 0 unspecified atom stereocenters. The molecule has 1 fully saturated rings. The van der Waals surface area contributed by atoms with Gasteiger partial charge in [0.2, 0.25) is 0 Å². The van der Waals surface area contributed by atoms with Gasteiger partial charge in [-0.3, -0.25) is 4.98 Å². The first-order valence-electron chi connectivity index (χ1n) is 3.73. The molecule has 1 aliphatic heterocycles. The molecule has 1 aromatic heterocycles. The van der Waals surface area contributed by atoms with E-state index < -0.39 is 0 Å². The lowest BCUT2D eigenvalue weighted by molar-refractivity contribution is -0.0418. The predicted octanol–water partition coefficient (Wildman–Crippen LogP) is 0.291. The van der Waals surface area contributed by atoms with Crippen LogP contribution in [0.4, 0.5) is 0 Å². The number of aromatic nitrogens is 1. The van der Waals surface area contributed by atoms with Crippen molar-refractivity contribution >= 4 is 24.1 Å². The van der Waals surface area contributed by atoms with E-state index in [0.717, 1.165) is 10.6 Å². The van der Waals surface area contributed by atoms with E-state index in [2.05, 4.69) is 4.98 Å². The van der Waals surface area contributed by atoms with Crippen LogP contribution >= 0.6 is 11.3 Å². The second-order valence-electron chi connectivity index (χ2n) is 2.58. The molecule has 2 heterocycles. The fraction of sp³-hybridized carbons (Fsp3) is 0.571. The smallest absolute Gasteiger partial charge is 0.195 e. The lowest BCUT2D eigenvalue weighted by atomic mass is 10.2. The molecule has 0 saturated carbocycles. The summed E-state index contributed by atoms with van der Waals surface area (Å²) in [6.45, 7) is 3.22. The summed E-state index contributed by atoms with van der Waals surface area (Å²) >= 11 is 1.43. The van der Waals surface area contributed by atoms with Crippen molar-refractivity contribution in [3.8, 4) is 0 Å². The van der Waals surface area contributed by atoms with Crippen LogP contribution in [0.1, 0.15) is 16.9 Å². The molecule has 0 atom stereocenters. The number of rotatable bonds is 1. The number of aryl methyl sites for hydroxylation is 1. The Balaban J connectivity index is 2.25. The Bertz CT molecular complexity index is 283. The van der Waals surface area contributed by atoms with E-state index in [1.54, 1.807) is 0 Å². The number of thiazole rings is 1. The summed E-state index contributed by atoms with van der Waals surface area (Å²) in [6.07, 6.45) is -0.236. The Labute approximate surface area is 76.1 Å². The highest BCUT2D eigenvalue weighted by Gasteiger charge is 2.22. The largest absolute Gasteiger partial charge is 0.345 e. The highest BCUT2D eigenvalue weighted by Crippen LogP contribution is 2.27. The van der Waals surface area contributed by atoms with Crippen LogP contribution in [0.25, 0.3) is 0 Å². The average molecular weight is 181 g/mol. The van der Waals surface area contributed by atoms with E-state index in [1.165, 1.54) is 11.3 Å². The molecule has 1 aromatic rings. The van der Waals surface area contributed by atoms with E-state index >= 15 is 0 Å². The minimum absolute atomic E-state index is 0.236. The van der Waals surface area contributed by atoms with Gasteiger partial charge in [-0.1, -0.05) is 0 Å². The molecular weight excluding hydrogens is 173 g/mol. The second kappa shape index (κ2) is 3.16. The molecule has 12 heavy (non-hydrogen) atoms. The standard InChI is InChI=1S/C7H8BNO2S/c1-4-5(12-7(8)9-4)6-10-2-3-11-6/h6H,2-3H2,1H3. The number of nitrogens with zero attached hydrogens (tertiary/aromatic N) is 1. The van der Waals surface area contributed by atoms with Crippen LogP contribution in [0.15, 0.2) is 0 Å². The second-order valence-corrected chi connectivity index (χ2v) is 3.64. The SMILES string of the molecule is [B]c1nc(C)c(C2OCCO2)s1. The molecule has 62 valence electrons. The fourth-order valence-electron chi connectivity index (χ4n) is 1.16. The van der Waals surface area contributed by atoms with Gasteiger partial charge >= 0.3 is 0 Å². The molecule has 0 spiro atoms. The van der Waals surface area contributed by atoms with E-state index in [-0.39, 0.29) is 6.29 Å². The normalized spacial score (nSPS) is 18.8. The Morgan fingerprint density at radius 3 is 2.67 bits per heavy atom. The number of hydrogen-bond donors (Lipinski definition) is 0. The van der Waals surface area contributed by atoms with Gasteiger partial charge in [-0.05, 0) is 6.92 Å². The molecule has 3 nitrogen and oxygen atoms in total. The number of hydrogen-bond acceptors (Lipinski definition) is 4. The molecule has 0 N–H and O–H groups in total. The van der Waals surface area contributed by atoms with Crippen molar-refractivity contribution in [2.75, 3.05) is 13.2 Å². The first kappa shape index (κ1) is 8.22. The summed E-state index contributed by atoms with van der Waals surface area (Å²) in [5, 5.41) is 0. The summed E-state index contributed by atoms with van der Waals surface area (Å²) in [6, 6.07) is 0. The Morgan fingerprint density at radius 1 is 1.50 bits per heavy atom. The van der Waals surface area contributed by atoms with Gasteiger partial charge in [-0.25, -0.2) is 0 Å². The molecule has 2 rings (SSSR count). The average Bonchev–Trinajstić information content (AvgIpc) is 2.58. The van der Waals surface area contributed by atoms with E-state index in [1.807, 2.05) is 6.92 Å². The minimum atomic E-state index is -0.236. The molecule has 0 amide bonds. The first-order valence-corrected chi connectivity index (χ1v) is 4.55. The molecule has 0 aliphatic carbocycles. The van der Waals surface area contributed by atoms with Gasteiger partial charge in [0.25, 0.3) is 0 Å². The third-order valence-corrected chi connectivity index (χ3v) is 2.69. The van der Waals surface area contributed by atoms with E-state index in [0.29, 0.717) is 18.1 Å². The van der Waals surface area contributed by atoms with Gasteiger partial charge in [0.05, 0.1) is 23.8 Å². The van der Waals surface area contributed by atoms with Crippen LogP contribution in [0, 0.1) is 6.92 Å². The summed E-state index contributed by atoms with van der Waals surface area (Å²) in [5.74, 6) is 0. The van der Waals surface area contributed by atoms with Crippen LogP contribution in [-0.4, -0.2) is 26.0 Å². The summed E-state index contributed by atoms with van der Waals surface area (Å²) in [5.41, 5.74) is 0.907. The first-order chi connectivity index (χ1) is 5.77. The molecule has 2 radical (unpaired) electrons. The van der Waals surface area contributed by atoms with Crippen LogP contribution in [0.3, 0.4) is 0 Å². The van der Waals surface area contributed by atoms with Crippen molar-refractivity contribution in [1.29, 1.82) is 0 Å². The van der Waals surface area contributed by atoms with Crippen LogP contribution < -0.4 is 4.91 Å². The van der Waals surface area contributed by atoms with Gasteiger partial charge in [0, 0.05) is 4.91 Å². The maximum Gasteiger partial charge on any atom is 0.195 e. The van der Waals surface area contributed by atoms with Gasteiger partial charge in [0.1, 0.15) is 0 Å². The monoisotopic (exact) mass is 181 g/mol. The van der Waals surface area contributed by atoms with Gasteiger partial charge in [0.15, 0.2) is 14.1 Å². The van der Waals surface area contributed by atoms with Gasteiger partial charge in [-0.2, -0.15) is 0 Å². The van der Waals surface area contributed by atoms with Crippen molar-refractivity contribution in [1.82, 2.24) is 4.98 Å².